The summed E-state index contributed by atoms with van der Waals surface area (Å²) < 4.78 is 19.1. The van der Waals surface area contributed by atoms with Gasteiger partial charge in [-0.15, -0.1) is 0 Å². The first kappa shape index (κ1) is 44.2. The van der Waals surface area contributed by atoms with E-state index in [2.05, 4.69) is 20.9 Å². The van der Waals surface area contributed by atoms with Gasteiger partial charge < -0.3 is 30.2 Å². The second-order valence-corrected chi connectivity index (χ2v) is 20.0. The van der Waals surface area contributed by atoms with E-state index < -0.39 is 0 Å². The number of anilines is 3. The normalized spacial score (nSPS) is 23.8. The molecule has 3 bridgehead atoms. The van der Waals surface area contributed by atoms with E-state index in [1.165, 1.54) is 94.5 Å². The summed E-state index contributed by atoms with van der Waals surface area (Å²) in [6.07, 6.45) is 25.0. The van der Waals surface area contributed by atoms with Crippen LogP contribution in [-0.2, 0) is 14.3 Å². The molecule has 5 aliphatic rings. The number of methoxy groups -OCH3 is 1. The van der Waals surface area contributed by atoms with Crippen molar-refractivity contribution in [3.63, 3.8) is 0 Å². The Balaban J connectivity index is 0.624. The zero-order chi connectivity index (χ0) is 44.1. The maximum absolute atomic E-state index is 13.4. The first-order valence-electron chi connectivity index (χ1n) is 24.4. The molecule has 12 nitrogen and oxygen atoms in total. The fourth-order valence-corrected chi connectivity index (χ4v) is 12.3. The molecule has 9 rings (SSSR count). The van der Waals surface area contributed by atoms with Gasteiger partial charge >= 0.3 is 0 Å². The van der Waals surface area contributed by atoms with Gasteiger partial charge in [0.15, 0.2) is 5.65 Å². The number of rotatable bonds is 25. The number of fused-ring (bicyclic) bond motifs is 3. The number of benzene rings is 2. The van der Waals surface area contributed by atoms with Gasteiger partial charge in [-0.1, -0.05) is 57.4 Å². The number of unbranched alkanes of at least 4 members (excludes halogenated alkanes) is 9. The van der Waals surface area contributed by atoms with Crippen molar-refractivity contribution >= 4 is 40.2 Å². The largest absolute Gasteiger partial charge is 0.494 e. The van der Waals surface area contributed by atoms with E-state index in [1.807, 2.05) is 43.3 Å². The van der Waals surface area contributed by atoms with Crippen molar-refractivity contribution in [2.45, 2.75) is 129 Å². The number of ether oxygens (including phenoxy) is 3. The van der Waals surface area contributed by atoms with Crippen LogP contribution < -0.4 is 31.0 Å². The highest BCUT2D eigenvalue weighted by atomic mass is 16.5. The molecule has 5 atom stereocenters. The Bertz CT molecular complexity index is 2360. The van der Waals surface area contributed by atoms with Crippen LogP contribution in [0.5, 0.6) is 11.5 Å². The molecular weight excluding hydrogens is 805 g/mol. The van der Waals surface area contributed by atoms with Crippen LogP contribution >= 0.6 is 0 Å². The van der Waals surface area contributed by atoms with E-state index in [-0.39, 0.29) is 17.4 Å². The Morgan fingerprint density at radius 1 is 0.859 bits per heavy atom. The van der Waals surface area contributed by atoms with Crippen molar-refractivity contribution in [1.29, 1.82) is 0 Å². The lowest BCUT2D eigenvalue weighted by Gasteiger charge is -2.49. The Kier molecular flexibility index (Phi) is 13.6. The molecular formula is C52H68N6O6. The number of carbonyl (C=O) groups excluding carboxylic acids is 2. The fraction of sp³-hybridized carbons (Fsp3) is 0.596. The number of amides is 2. The fourth-order valence-electron chi connectivity index (χ4n) is 12.3. The highest BCUT2D eigenvalue weighted by Gasteiger charge is 2.70. The van der Waals surface area contributed by atoms with Crippen LogP contribution in [0.15, 0.2) is 59.5 Å². The summed E-state index contributed by atoms with van der Waals surface area (Å²) in [6, 6.07) is 14.3. The topological polar surface area (TPSA) is 146 Å². The number of nitrogens with zero attached hydrogens (tertiary/aromatic N) is 3. The van der Waals surface area contributed by atoms with Gasteiger partial charge in [0.1, 0.15) is 18.1 Å². The van der Waals surface area contributed by atoms with Crippen molar-refractivity contribution in [3.05, 3.63) is 70.6 Å². The Morgan fingerprint density at radius 2 is 1.66 bits per heavy atom. The van der Waals surface area contributed by atoms with Crippen LogP contribution in [0, 0.1) is 41.4 Å². The average Bonchev–Trinajstić information content (AvgIpc) is 4.08. The molecule has 0 radical (unpaired) electrons. The van der Waals surface area contributed by atoms with Crippen molar-refractivity contribution in [3.8, 4) is 17.2 Å². The highest BCUT2D eigenvalue weighted by Crippen LogP contribution is 2.79. The van der Waals surface area contributed by atoms with Crippen molar-refractivity contribution in [2.75, 3.05) is 44.1 Å². The summed E-state index contributed by atoms with van der Waals surface area (Å²) >= 11 is 0. The summed E-state index contributed by atoms with van der Waals surface area (Å²) in [5.74, 6) is 4.79. The predicted molar refractivity (Wildman–Crippen MR) is 251 cm³/mol. The van der Waals surface area contributed by atoms with Gasteiger partial charge in [-0.25, -0.2) is 4.98 Å². The van der Waals surface area contributed by atoms with Gasteiger partial charge in [-0.05, 0) is 136 Å². The lowest BCUT2D eigenvalue weighted by atomic mass is 9.55. The summed E-state index contributed by atoms with van der Waals surface area (Å²) in [5, 5.41) is 10.2. The number of pyridine rings is 1. The molecule has 64 heavy (non-hydrogen) atoms. The molecule has 0 aliphatic heterocycles. The number of aryl methyl sites for hydroxylation is 1. The molecule has 5 unspecified atom stereocenters. The van der Waals surface area contributed by atoms with Gasteiger partial charge in [0, 0.05) is 54.9 Å². The molecule has 2 heterocycles. The molecule has 2 aromatic heterocycles. The number of carbonyl (C=O) groups is 2. The van der Waals surface area contributed by atoms with Crippen LogP contribution in [0.4, 0.5) is 17.3 Å². The van der Waals surface area contributed by atoms with Gasteiger partial charge in [0.2, 0.25) is 17.8 Å². The van der Waals surface area contributed by atoms with E-state index >= 15 is 0 Å². The van der Waals surface area contributed by atoms with Gasteiger partial charge in [-0.3, -0.25) is 19.0 Å². The van der Waals surface area contributed by atoms with E-state index in [0.717, 1.165) is 74.0 Å². The minimum atomic E-state index is -0.233. The van der Waals surface area contributed by atoms with Gasteiger partial charge in [0.05, 0.1) is 25.1 Å². The zero-order valence-corrected chi connectivity index (χ0v) is 38.1. The van der Waals surface area contributed by atoms with Crippen molar-refractivity contribution in [2.24, 2.45) is 34.5 Å². The maximum atomic E-state index is 13.4. The van der Waals surface area contributed by atoms with Crippen LogP contribution in [0.3, 0.4) is 0 Å². The smallest absolute Gasteiger partial charge is 0.257 e. The third-order valence-electron chi connectivity index (χ3n) is 15.4. The maximum Gasteiger partial charge on any atom is 0.257 e. The summed E-state index contributed by atoms with van der Waals surface area (Å²) in [5.41, 5.74) is 3.87. The van der Waals surface area contributed by atoms with Crippen LogP contribution in [0.1, 0.15) is 128 Å². The van der Waals surface area contributed by atoms with E-state index in [4.69, 9.17) is 19.2 Å². The number of hydrogen-bond acceptors (Lipinski definition) is 9. The van der Waals surface area contributed by atoms with E-state index in [1.54, 1.807) is 25.4 Å². The predicted octanol–water partition coefficient (Wildman–Crippen LogP) is 10.2. The molecule has 5 fully saturated rings. The molecule has 4 aromatic rings. The second kappa shape index (κ2) is 19.6. The molecule has 12 heteroatoms. The first-order valence-corrected chi connectivity index (χ1v) is 24.4. The highest BCUT2D eigenvalue weighted by molar-refractivity contribution is 5.94. The monoisotopic (exact) mass is 873 g/mol. The second-order valence-electron chi connectivity index (χ2n) is 20.0. The van der Waals surface area contributed by atoms with Crippen LogP contribution in [0.2, 0.25) is 0 Å². The molecule has 3 N–H and O–H groups in total. The quantitative estimate of drug-likeness (QED) is 0.0554. The Morgan fingerprint density at radius 3 is 2.45 bits per heavy atom. The van der Waals surface area contributed by atoms with Crippen molar-refractivity contribution < 1.29 is 23.8 Å². The third-order valence-corrected chi connectivity index (χ3v) is 15.4. The standard InChI is InChI=1S/C52H68N6O6/c1-35-24-47(60)58(41-15-13-14-40(27-41)55-49(61)37-16-17-37)48-43(35)33-54-50(57-48)56-44-19-18-42(28-45(44)62-2)64-23-22-63-21-12-10-8-6-4-3-5-7-9-11-20-53-46(59)32-51-29-36-25-38-26-39(31-51)52(38,30-36)34-51/h13-15,18-19,24,27-28,33,36-39H,3-12,16-17,20-23,25-26,29-32,34H2,1-2H3,(H,53,59)(H,55,61)(H,54,56,57). The molecule has 1 spiro atoms. The zero-order valence-electron chi connectivity index (χ0n) is 38.1. The van der Waals surface area contributed by atoms with Crippen LogP contribution in [-0.4, -0.2) is 59.8 Å². The Labute approximate surface area is 378 Å². The Hall–Kier alpha value is -4.97. The molecule has 5 aliphatic carbocycles. The summed E-state index contributed by atoms with van der Waals surface area (Å²) in [7, 11) is 1.60. The minimum absolute atomic E-state index is 0.00212. The first-order chi connectivity index (χ1) is 31.2. The number of hydrogen-bond donors (Lipinski definition) is 3. The lowest BCUT2D eigenvalue weighted by molar-refractivity contribution is -0.124. The number of aromatic nitrogens is 3. The molecule has 0 saturated heterocycles. The third kappa shape index (κ3) is 9.97. The van der Waals surface area contributed by atoms with E-state index in [9.17, 15) is 14.4 Å². The summed E-state index contributed by atoms with van der Waals surface area (Å²) in [4.78, 5) is 48.0. The summed E-state index contributed by atoms with van der Waals surface area (Å²) in [6.45, 7) is 4.39. The SMILES string of the molecule is COc1cc(OCCOCCCCCCCCCCCCNC(=O)CC23CC4CC5CC(C2)C5(C4)C3)ccc1Nc1ncc2c(C)cc(=O)n(-c3cccc(NC(=O)C4CC4)c3)c2n1. The van der Waals surface area contributed by atoms with E-state index in [0.29, 0.717) is 70.1 Å². The van der Waals surface area contributed by atoms with Gasteiger partial charge in [-0.2, -0.15) is 4.98 Å². The molecule has 2 aromatic carbocycles. The lowest BCUT2D eigenvalue weighted by Crippen LogP contribution is -2.42. The molecule has 5 saturated carbocycles. The van der Waals surface area contributed by atoms with Crippen molar-refractivity contribution in [1.82, 2.24) is 19.9 Å². The average molecular weight is 873 g/mol. The number of nitrogens with one attached hydrogen (secondary N) is 3. The van der Waals surface area contributed by atoms with Crippen LogP contribution in [0.25, 0.3) is 16.7 Å². The molecule has 2 amide bonds. The van der Waals surface area contributed by atoms with Gasteiger partial charge in [0.25, 0.3) is 5.56 Å². The minimum Gasteiger partial charge on any atom is -0.494 e. The molecule has 342 valence electrons.